The van der Waals surface area contributed by atoms with E-state index in [0.29, 0.717) is 12.1 Å². The molecule has 21 heavy (non-hydrogen) atoms. The first kappa shape index (κ1) is 15.0. The van der Waals surface area contributed by atoms with E-state index in [4.69, 9.17) is 0 Å². The number of anilines is 1. The molecule has 0 spiro atoms. The Morgan fingerprint density at radius 1 is 1.33 bits per heavy atom. The van der Waals surface area contributed by atoms with Crippen LogP contribution in [0.25, 0.3) is 0 Å². The van der Waals surface area contributed by atoms with E-state index in [-0.39, 0.29) is 10.6 Å². The maximum Gasteiger partial charge on any atom is 0.272 e. The molecule has 6 heteroatoms. The van der Waals surface area contributed by atoms with Crippen molar-refractivity contribution < 1.29 is 4.92 Å². The van der Waals surface area contributed by atoms with E-state index in [1.165, 1.54) is 0 Å². The maximum atomic E-state index is 10.9. The molecule has 2 rings (SSSR count). The smallest absolute Gasteiger partial charge is 0.272 e. The molecule has 0 atom stereocenters. The van der Waals surface area contributed by atoms with Crippen molar-refractivity contribution in [3.63, 3.8) is 0 Å². The van der Waals surface area contributed by atoms with Crippen molar-refractivity contribution in [2.24, 2.45) is 7.05 Å². The van der Waals surface area contributed by atoms with Crippen LogP contribution in [0, 0.1) is 24.0 Å². The predicted octanol–water partition coefficient (Wildman–Crippen LogP) is 3.12. The predicted molar refractivity (Wildman–Crippen MR) is 82.5 cm³/mol. The van der Waals surface area contributed by atoms with E-state index in [0.717, 1.165) is 28.9 Å². The van der Waals surface area contributed by atoms with Gasteiger partial charge < -0.3 is 5.32 Å². The molecule has 0 aliphatic rings. The lowest BCUT2D eigenvalue weighted by Gasteiger charge is -2.10. The zero-order valence-corrected chi connectivity index (χ0v) is 12.8. The third kappa shape index (κ3) is 3.21. The molecule has 0 aliphatic heterocycles. The molecule has 0 saturated carbocycles. The molecule has 0 amide bonds. The fourth-order valence-electron chi connectivity index (χ4n) is 2.41. The molecule has 1 aromatic heterocycles. The number of aryl methyl sites for hydroxylation is 4. The Hall–Kier alpha value is -2.37. The van der Waals surface area contributed by atoms with Crippen LogP contribution in [-0.2, 0) is 20.0 Å². The topological polar surface area (TPSA) is 73.0 Å². The Kier molecular flexibility index (Phi) is 4.26. The molecule has 0 fully saturated rings. The monoisotopic (exact) mass is 288 g/mol. The summed E-state index contributed by atoms with van der Waals surface area (Å²) >= 11 is 0. The molecule has 1 heterocycles. The Morgan fingerprint density at radius 2 is 2.05 bits per heavy atom. The Labute approximate surface area is 123 Å². The lowest BCUT2D eigenvalue weighted by atomic mass is 10.1. The van der Waals surface area contributed by atoms with Crippen molar-refractivity contribution >= 4 is 11.4 Å². The van der Waals surface area contributed by atoms with Crippen molar-refractivity contribution in [1.82, 2.24) is 9.78 Å². The van der Waals surface area contributed by atoms with Gasteiger partial charge in [-0.05, 0) is 31.9 Å². The van der Waals surface area contributed by atoms with Crippen molar-refractivity contribution in [3.05, 3.63) is 50.8 Å². The van der Waals surface area contributed by atoms with Crippen LogP contribution in [0.3, 0.4) is 0 Å². The maximum absolute atomic E-state index is 10.9. The molecule has 1 N–H and O–H groups in total. The number of rotatable bonds is 5. The highest BCUT2D eigenvalue weighted by molar-refractivity contribution is 5.59. The summed E-state index contributed by atoms with van der Waals surface area (Å²) in [6.45, 7) is 6.37. The summed E-state index contributed by atoms with van der Waals surface area (Å²) in [6.07, 6.45) is 2.88. The summed E-state index contributed by atoms with van der Waals surface area (Å²) in [4.78, 5) is 10.6. The van der Waals surface area contributed by atoms with E-state index in [1.807, 2.05) is 30.9 Å². The summed E-state index contributed by atoms with van der Waals surface area (Å²) in [6, 6.07) is 3.44. The molecule has 0 aliphatic carbocycles. The van der Waals surface area contributed by atoms with Crippen molar-refractivity contribution in [1.29, 1.82) is 0 Å². The lowest BCUT2D eigenvalue weighted by molar-refractivity contribution is -0.385. The molecular formula is C15H20N4O2. The molecule has 112 valence electrons. The minimum Gasteiger partial charge on any atom is -0.381 e. The number of hydrogen-bond donors (Lipinski definition) is 1. The highest BCUT2D eigenvalue weighted by Gasteiger charge is 2.13. The second-order valence-corrected chi connectivity index (χ2v) is 5.19. The first-order valence-electron chi connectivity index (χ1n) is 6.93. The molecule has 6 nitrogen and oxygen atoms in total. The van der Waals surface area contributed by atoms with Crippen LogP contribution in [0.5, 0.6) is 0 Å². The highest BCUT2D eigenvalue weighted by atomic mass is 16.6. The lowest BCUT2D eigenvalue weighted by Crippen LogP contribution is -2.04. The van der Waals surface area contributed by atoms with Gasteiger partial charge >= 0.3 is 0 Å². The summed E-state index contributed by atoms with van der Waals surface area (Å²) in [5.74, 6) is 0. The van der Waals surface area contributed by atoms with Gasteiger partial charge in [-0.3, -0.25) is 14.8 Å². The molecule has 0 radical (unpaired) electrons. The largest absolute Gasteiger partial charge is 0.381 e. The van der Waals surface area contributed by atoms with Gasteiger partial charge in [0.15, 0.2) is 0 Å². The summed E-state index contributed by atoms with van der Waals surface area (Å²) in [5, 5.41) is 18.7. The number of nitrogens with zero attached hydrogens (tertiary/aromatic N) is 3. The number of benzene rings is 1. The molecule has 0 saturated heterocycles. The normalized spacial score (nSPS) is 10.7. The Bertz CT molecular complexity index is 677. The van der Waals surface area contributed by atoms with Gasteiger partial charge in [0.2, 0.25) is 0 Å². The Morgan fingerprint density at radius 3 is 2.67 bits per heavy atom. The van der Waals surface area contributed by atoms with Gasteiger partial charge in [0.1, 0.15) is 0 Å². The van der Waals surface area contributed by atoms with Gasteiger partial charge in [-0.2, -0.15) is 5.10 Å². The quantitative estimate of drug-likeness (QED) is 0.677. The van der Waals surface area contributed by atoms with Gasteiger partial charge in [0.25, 0.3) is 5.69 Å². The minimum absolute atomic E-state index is 0.161. The van der Waals surface area contributed by atoms with Gasteiger partial charge in [0, 0.05) is 42.7 Å². The minimum atomic E-state index is -0.345. The van der Waals surface area contributed by atoms with Gasteiger partial charge in [-0.1, -0.05) is 6.92 Å². The van der Waals surface area contributed by atoms with Crippen LogP contribution in [0.4, 0.5) is 11.4 Å². The SMILES string of the molecule is CCc1nn(C)cc1CNc1cc(C)c([N+](=O)[O-])cc1C. The van der Waals surface area contributed by atoms with Crippen LogP contribution in [0.2, 0.25) is 0 Å². The molecule has 2 aromatic rings. The third-order valence-electron chi connectivity index (χ3n) is 3.54. The van der Waals surface area contributed by atoms with E-state index in [9.17, 15) is 10.1 Å². The molecule has 0 bridgehead atoms. The molecule has 1 aromatic carbocycles. The van der Waals surface area contributed by atoms with E-state index in [2.05, 4.69) is 17.3 Å². The number of nitro benzene ring substituents is 1. The van der Waals surface area contributed by atoms with Crippen LogP contribution in [0.15, 0.2) is 18.3 Å². The average molecular weight is 288 g/mol. The fourth-order valence-corrected chi connectivity index (χ4v) is 2.41. The first-order chi connectivity index (χ1) is 9.92. The van der Waals surface area contributed by atoms with Crippen molar-refractivity contribution in [2.75, 3.05) is 5.32 Å². The third-order valence-corrected chi connectivity index (χ3v) is 3.54. The highest BCUT2D eigenvalue weighted by Crippen LogP contribution is 2.26. The van der Waals surface area contributed by atoms with E-state index < -0.39 is 0 Å². The number of hydrogen-bond acceptors (Lipinski definition) is 4. The standard InChI is InChI=1S/C15H20N4O2/c1-5-13-12(9-18(4)17-13)8-16-14-6-11(3)15(19(20)21)7-10(14)2/h6-7,9,16H,5,8H2,1-4H3. The fraction of sp³-hybridized carbons (Fsp3) is 0.400. The van der Waals surface area contributed by atoms with Crippen LogP contribution >= 0.6 is 0 Å². The number of aromatic nitrogens is 2. The Balaban J connectivity index is 2.20. The van der Waals surface area contributed by atoms with Crippen molar-refractivity contribution in [2.45, 2.75) is 33.7 Å². The average Bonchev–Trinajstić information content (AvgIpc) is 2.79. The first-order valence-corrected chi connectivity index (χ1v) is 6.93. The van der Waals surface area contributed by atoms with E-state index >= 15 is 0 Å². The van der Waals surface area contributed by atoms with Crippen LogP contribution in [-0.4, -0.2) is 14.7 Å². The zero-order chi connectivity index (χ0) is 15.6. The van der Waals surface area contributed by atoms with Crippen LogP contribution in [0.1, 0.15) is 29.3 Å². The van der Waals surface area contributed by atoms with Gasteiger partial charge in [0.05, 0.1) is 10.6 Å². The van der Waals surface area contributed by atoms with Gasteiger partial charge in [-0.25, -0.2) is 0 Å². The zero-order valence-electron chi connectivity index (χ0n) is 12.8. The van der Waals surface area contributed by atoms with E-state index in [1.54, 1.807) is 13.0 Å². The van der Waals surface area contributed by atoms with Gasteiger partial charge in [-0.15, -0.1) is 0 Å². The van der Waals surface area contributed by atoms with Crippen molar-refractivity contribution in [3.8, 4) is 0 Å². The molecular weight excluding hydrogens is 268 g/mol. The second kappa shape index (κ2) is 5.95. The summed E-state index contributed by atoms with van der Waals surface area (Å²) < 4.78 is 1.81. The second-order valence-electron chi connectivity index (χ2n) is 5.19. The summed E-state index contributed by atoms with van der Waals surface area (Å²) in [7, 11) is 1.91. The number of nitrogens with one attached hydrogen (secondary N) is 1. The molecule has 0 unspecified atom stereocenters. The van der Waals surface area contributed by atoms with Crippen LogP contribution < -0.4 is 5.32 Å². The summed E-state index contributed by atoms with van der Waals surface area (Å²) in [5.41, 5.74) is 4.83. The number of nitro groups is 1.